The topological polar surface area (TPSA) is 84.9 Å². The summed E-state index contributed by atoms with van der Waals surface area (Å²) in [5.41, 5.74) is 1.21. The molecular formula is C23H28N2O5S. The number of amides is 1. The molecule has 2 aliphatic heterocycles. The molecule has 0 saturated carbocycles. The number of carbonyl (C=O) groups excluding carboxylic acids is 1. The van der Waals surface area contributed by atoms with Gasteiger partial charge in [-0.25, -0.2) is 8.42 Å². The van der Waals surface area contributed by atoms with Crippen LogP contribution in [0.4, 0.5) is 0 Å². The lowest BCUT2D eigenvalue weighted by Crippen LogP contribution is -2.33. The molecule has 0 spiro atoms. The van der Waals surface area contributed by atoms with Crippen LogP contribution < -0.4 is 14.8 Å². The average Bonchev–Trinajstić information content (AvgIpc) is 3.09. The number of nitrogens with one attached hydrogen (secondary N) is 1. The van der Waals surface area contributed by atoms with Crippen molar-refractivity contribution in [3.8, 4) is 11.5 Å². The number of nitrogens with zero attached hydrogens (tertiary/aromatic N) is 1. The van der Waals surface area contributed by atoms with Crippen LogP contribution in [-0.2, 0) is 10.0 Å². The minimum absolute atomic E-state index is 0.0388. The van der Waals surface area contributed by atoms with Crippen LogP contribution in [0.2, 0.25) is 0 Å². The molecule has 0 radical (unpaired) electrons. The summed E-state index contributed by atoms with van der Waals surface area (Å²) in [5, 5.41) is 3.03. The predicted octanol–water partition coefficient (Wildman–Crippen LogP) is 3.51. The second-order valence-corrected chi connectivity index (χ2v) is 9.79. The number of hydrogen-bond donors (Lipinski definition) is 1. The Balaban J connectivity index is 1.61. The van der Waals surface area contributed by atoms with Crippen molar-refractivity contribution in [2.24, 2.45) is 0 Å². The van der Waals surface area contributed by atoms with Crippen molar-refractivity contribution in [1.29, 1.82) is 0 Å². The van der Waals surface area contributed by atoms with E-state index in [2.05, 4.69) is 5.32 Å². The first-order chi connectivity index (χ1) is 15.0. The number of sulfonamides is 1. The lowest BCUT2D eigenvalue weighted by molar-refractivity contribution is 0.0924. The van der Waals surface area contributed by atoms with Gasteiger partial charge in [0.05, 0.1) is 19.8 Å². The summed E-state index contributed by atoms with van der Waals surface area (Å²) in [6.07, 6.45) is 4.38. The Morgan fingerprint density at radius 1 is 1.10 bits per heavy atom. The molecule has 1 fully saturated rings. The number of fused-ring (bicyclic) bond motifs is 1. The molecular weight excluding hydrogens is 416 g/mol. The number of ether oxygens (including phenoxy) is 2. The molecule has 1 saturated heterocycles. The van der Waals surface area contributed by atoms with Crippen molar-refractivity contribution in [3.05, 3.63) is 53.6 Å². The van der Waals surface area contributed by atoms with Crippen molar-refractivity contribution in [2.45, 2.75) is 43.0 Å². The highest BCUT2D eigenvalue weighted by Crippen LogP contribution is 2.33. The van der Waals surface area contributed by atoms with Crippen LogP contribution >= 0.6 is 0 Å². The van der Waals surface area contributed by atoms with Crippen LogP contribution in [0.25, 0.3) is 0 Å². The molecule has 1 amide bonds. The van der Waals surface area contributed by atoms with E-state index >= 15 is 0 Å². The largest absolute Gasteiger partial charge is 0.495 e. The van der Waals surface area contributed by atoms with Gasteiger partial charge in [0.15, 0.2) is 0 Å². The fraction of sp³-hybridized carbons (Fsp3) is 0.435. The molecule has 2 aliphatic rings. The van der Waals surface area contributed by atoms with Crippen LogP contribution in [-0.4, -0.2) is 45.4 Å². The number of para-hydroxylation sites is 1. The van der Waals surface area contributed by atoms with Crippen LogP contribution in [0.3, 0.4) is 0 Å². The second-order valence-electron chi connectivity index (χ2n) is 7.88. The van der Waals surface area contributed by atoms with Gasteiger partial charge in [0.25, 0.3) is 5.91 Å². The third-order valence-electron chi connectivity index (χ3n) is 5.87. The molecule has 2 aromatic carbocycles. The van der Waals surface area contributed by atoms with Crippen LogP contribution in [0, 0.1) is 0 Å². The normalized spacial score (nSPS) is 19.6. The van der Waals surface area contributed by atoms with Gasteiger partial charge in [-0.1, -0.05) is 31.0 Å². The summed E-state index contributed by atoms with van der Waals surface area (Å²) in [5.74, 6) is 0.687. The van der Waals surface area contributed by atoms with Crippen LogP contribution in [0.5, 0.6) is 11.5 Å². The van der Waals surface area contributed by atoms with Crippen molar-refractivity contribution in [3.63, 3.8) is 0 Å². The summed E-state index contributed by atoms with van der Waals surface area (Å²) in [6, 6.07) is 12.0. The SMILES string of the molecule is COc1ccc(C(=O)NC2CCOc3ccccc32)cc1S(=O)(=O)N1CCCCCC1. The summed E-state index contributed by atoms with van der Waals surface area (Å²) >= 11 is 0. The maximum atomic E-state index is 13.3. The number of methoxy groups -OCH3 is 1. The fourth-order valence-corrected chi connectivity index (χ4v) is 5.87. The van der Waals surface area contributed by atoms with E-state index in [-0.39, 0.29) is 28.2 Å². The predicted molar refractivity (Wildman–Crippen MR) is 117 cm³/mol. The minimum atomic E-state index is -3.76. The van der Waals surface area contributed by atoms with E-state index in [1.165, 1.54) is 17.5 Å². The molecule has 8 heteroatoms. The average molecular weight is 445 g/mol. The summed E-state index contributed by atoms with van der Waals surface area (Å²) in [6.45, 7) is 1.49. The number of benzene rings is 2. The van der Waals surface area contributed by atoms with Crippen LogP contribution in [0.15, 0.2) is 47.4 Å². The Kier molecular flexibility index (Phi) is 6.48. The fourth-order valence-electron chi connectivity index (χ4n) is 4.17. The highest BCUT2D eigenvalue weighted by molar-refractivity contribution is 7.89. The monoisotopic (exact) mass is 444 g/mol. The first-order valence-corrected chi connectivity index (χ1v) is 12.2. The Morgan fingerprint density at radius 3 is 2.58 bits per heavy atom. The maximum Gasteiger partial charge on any atom is 0.251 e. The van der Waals surface area contributed by atoms with E-state index in [1.54, 1.807) is 12.1 Å². The zero-order valence-corrected chi connectivity index (χ0v) is 18.5. The number of hydrogen-bond acceptors (Lipinski definition) is 5. The van der Waals surface area contributed by atoms with Crippen LogP contribution in [0.1, 0.15) is 54.1 Å². The molecule has 0 bridgehead atoms. The van der Waals surface area contributed by atoms with Gasteiger partial charge in [-0.3, -0.25) is 4.79 Å². The van der Waals surface area contributed by atoms with Gasteiger partial charge in [0.1, 0.15) is 16.4 Å². The van der Waals surface area contributed by atoms with Gasteiger partial charge in [-0.05, 0) is 37.1 Å². The molecule has 2 heterocycles. The first kappa shape index (κ1) is 21.6. The van der Waals surface area contributed by atoms with E-state index < -0.39 is 10.0 Å². The van der Waals surface area contributed by atoms with Crippen molar-refractivity contribution >= 4 is 15.9 Å². The lowest BCUT2D eigenvalue weighted by Gasteiger charge is -2.27. The maximum absolute atomic E-state index is 13.3. The van der Waals surface area contributed by atoms with E-state index in [0.717, 1.165) is 37.0 Å². The molecule has 2 aromatic rings. The number of carbonyl (C=O) groups is 1. The molecule has 1 atom stereocenters. The van der Waals surface area contributed by atoms with Gasteiger partial charge < -0.3 is 14.8 Å². The van der Waals surface area contributed by atoms with Gasteiger partial charge in [-0.2, -0.15) is 4.31 Å². The Bertz CT molecular complexity index is 1050. The standard InChI is InChI=1S/C23H28N2O5S/c1-29-21-11-10-17(16-22(21)31(27,28)25-13-6-2-3-7-14-25)23(26)24-19-12-15-30-20-9-5-4-8-18(19)20/h4-5,8-11,16,19H,2-3,6-7,12-15H2,1H3,(H,24,26). The third kappa shape index (κ3) is 4.55. The third-order valence-corrected chi connectivity index (χ3v) is 7.79. The zero-order chi connectivity index (χ0) is 21.8. The Hall–Kier alpha value is -2.58. The zero-order valence-electron chi connectivity index (χ0n) is 17.7. The molecule has 0 aliphatic carbocycles. The molecule has 166 valence electrons. The Labute approximate surface area is 183 Å². The van der Waals surface area contributed by atoms with Crippen molar-refractivity contribution in [1.82, 2.24) is 9.62 Å². The highest BCUT2D eigenvalue weighted by atomic mass is 32.2. The molecule has 4 rings (SSSR count). The summed E-state index contributed by atoms with van der Waals surface area (Å²) in [4.78, 5) is 13.1. The second kappa shape index (κ2) is 9.28. The Morgan fingerprint density at radius 2 is 1.84 bits per heavy atom. The van der Waals surface area contributed by atoms with Gasteiger partial charge in [-0.15, -0.1) is 0 Å². The van der Waals surface area contributed by atoms with E-state index in [0.29, 0.717) is 26.1 Å². The van der Waals surface area contributed by atoms with Crippen molar-refractivity contribution < 1.29 is 22.7 Å². The van der Waals surface area contributed by atoms with E-state index in [1.807, 2.05) is 24.3 Å². The molecule has 1 N–H and O–H groups in total. The van der Waals surface area contributed by atoms with Gasteiger partial charge in [0, 0.05) is 30.6 Å². The molecule has 1 unspecified atom stereocenters. The van der Waals surface area contributed by atoms with E-state index in [4.69, 9.17) is 9.47 Å². The summed E-state index contributed by atoms with van der Waals surface area (Å²) < 4.78 is 39.2. The lowest BCUT2D eigenvalue weighted by atomic mass is 10.00. The van der Waals surface area contributed by atoms with E-state index in [9.17, 15) is 13.2 Å². The number of rotatable bonds is 5. The van der Waals surface area contributed by atoms with Gasteiger partial charge >= 0.3 is 0 Å². The smallest absolute Gasteiger partial charge is 0.251 e. The molecule has 31 heavy (non-hydrogen) atoms. The van der Waals surface area contributed by atoms with Crippen molar-refractivity contribution in [2.75, 3.05) is 26.8 Å². The molecule has 7 nitrogen and oxygen atoms in total. The highest BCUT2D eigenvalue weighted by Gasteiger charge is 2.30. The minimum Gasteiger partial charge on any atom is -0.495 e. The summed E-state index contributed by atoms with van der Waals surface area (Å²) in [7, 11) is -2.32. The quantitative estimate of drug-likeness (QED) is 0.763. The van der Waals surface area contributed by atoms with Gasteiger partial charge in [0.2, 0.25) is 10.0 Å². The molecule has 0 aromatic heterocycles. The first-order valence-electron chi connectivity index (χ1n) is 10.7.